The molecule has 1 fully saturated rings. The maximum Gasteiger partial charge on any atom is 0.243 e. The highest BCUT2D eigenvalue weighted by molar-refractivity contribution is 5.87. The lowest BCUT2D eigenvalue weighted by molar-refractivity contribution is -0.117. The summed E-state index contributed by atoms with van der Waals surface area (Å²) < 4.78 is 0. The van der Waals surface area contributed by atoms with Crippen molar-refractivity contribution in [1.82, 2.24) is 10.2 Å². The summed E-state index contributed by atoms with van der Waals surface area (Å²) in [6, 6.07) is 0.870. The fourth-order valence-electron chi connectivity index (χ4n) is 1.85. The highest BCUT2D eigenvalue weighted by Gasteiger charge is 2.21. The van der Waals surface area contributed by atoms with Gasteiger partial charge in [-0.3, -0.25) is 9.69 Å². The summed E-state index contributed by atoms with van der Waals surface area (Å²) in [6.07, 6.45) is 3.59. The molecule has 1 atom stereocenters. The summed E-state index contributed by atoms with van der Waals surface area (Å²) in [5.74, 6) is -0.0550. The van der Waals surface area contributed by atoms with Crippen molar-refractivity contribution in [2.24, 2.45) is 0 Å². The zero-order valence-corrected chi connectivity index (χ0v) is 9.12. The number of carbonyl (C=O) groups is 1. The number of rotatable bonds is 3. The summed E-state index contributed by atoms with van der Waals surface area (Å²) in [6.45, 7) is 9.96. The van der Waals surface area contributed by atoms with E-state index in [2.05, 4.69) is 30.6 Å². The van der Waals surface area contributed by atoms with Crippen LogP contribution < -0.4 is 5.32 Å². The highest BCUT2D eigenvalue weighted by atomic mass is 16.1. The minimum absolute atomic E-state index is 0.0550. The summed E-state index contributed by atoms with van der Waals surface area (Å²) >= 11 is 0. The number of hydrogen-bond donors (Lipinski definition) is 1. The van der Waals surface area contributed by atoms with Crippen LogP contribution in [-0.4, -0.2) is 36.0 Å². The molecule has 1 aliphatic rings. The lowest BCUT2D eigenvalue weighted by Crippen LogP contribution is -2.49. The molecule has 0 spiro atoms. The Morgan fingerprint density at radius 1 is 1.64 bits per heavy atom. The highest BCUT2D eigenvalue weighted by Crippen LogP contribution is 2.12. The summed E-state index contributed by atoms with van der Waals surface area (Å²) in [5, 5.41) is 2.95. The molecule has 0 saturated carbocycles. The van der Waals surface area contributed by atoms with Gasteiger partial charge in [-0.1, -0.05) is 6.58 Å². The molecular formula is C11H20N2O. The quantitative estimate of drug-likeness (QED) is 0.687. The van der Waals surface area contributed by atoms with Crippen LogP contribution in [0.2, 0.25) is 0 Å². The number of carbonyl (C=O) groups excluding carboxylic acids is 1. The van der Waals surface area contributed by atoms with Crippen LogP contribution in [0.15, 0.2) is 12.7 Å². The van der Waals surface area contributed by atoms with Gasteiger partial charge in [0.1, 0.15) is 0 Å². The van der Waals surface area contributed by atoms with Gasteiger partial charge in [0, 0.05) is 18.6 Å². The van der Waals surface area contributed by atoms with Crippen LogP contribution in [0.3, 0.4) is 0 Å². The molecule has 80 valence electrons. The predicted octanol–water partition coefficient (Wildman–Crippen LogP) is 1.16. The van der Waals surface area contributed by atoms with Crippen molar-refractivity contribution in [2.45, 2.75) is 38.8 Å². The molecule has 1 N–H and O–H groups in total. The predicted molar refractivity (Wildman–Crippen MR) is 58.1 cm³/mol. The summed E-state index contributed by atoms with van der Waals surface area (Å²) in [7, 11) is 0. The topological polar surface area (TPSA) is 32.3 Å². The first-order chi connectivity index (χ1) is 6.63. The van der Waals surface area contributed by atoms with E-state index in [0.29, 0.717) is 12.1 Å². The lowest BCUT2D eigenvalue weighted by atomic mass is 10.0. The van der Waals surface area contributed by atoms with Gasteiger partial charge in [0.05, 0.1) is 0 Å². The van der Waals surface area contributed by atoms with Crippen LogP contribution in [-0.2, 0) is 4.79 Å². The number of nitrogens with one attached hydrogen (secondary N) is 1. The zero-order valence-electron chi connectivity index (χ0n) is 9.12. The molecule has 14 heavy (non-hydrogen) atoms. The van der Waals surface area contributed by atoms with E-state index in [-0.39, 0.29) is 5.91 Å². The van der Waals surface area contributed by atoms with E-state index < -0.39 is 0 Å². The number of amides is 1. The van der Waals surface area contributed by atoms with Crippen molar-refractivity contribution in [1.29, 1.82) is 0 Å². The van der Waals surface area contributed by atoms with Crippen LogP contribution in [0.25, 0.3) is 0 Å². The Hall–Kier alpha value is -0.830. The molecule has 0 unspecified atom stereocenters. The standard InChI is InChI=1S/C11H20N2O/c1-4-11(14)12-10-6-5-7-13(8-10)9(2)3/h4,9-10H,1,5-8H2,2-3H3,(H,12,14)/t10-/m1/s1. The van der Waals surface area contributed by atoms with Crippen molar-refractivity contribution in [2.75, 3.05) is 13.1 Å². The van der Waals surface area contributed by atoms with E-state index >= 15 is 0 Å². The normalized spacial score (nSPS) is 23.5. The average Bonchev–Trinajstić information content (AvgIpc) is 2.18. The Bertz CT molecular complexity index is 213. The van der Waals surface area contributed by atoms with Crippen LogP contribution in [0.4, 0.5) is 0 Å². The zero-order chi connectivity index (χ0) is 10.6. The van der Waals surface area contributed by atoms with Crippen LogP contribution >= 0.6 is 0 Å². The van der Waals surface area contributed by atoms with Gasteiger partial charge < -0.3 is 5.32 Å². The summed E-state index contributed by atoms with van der Waals surface area (Å²) in [5.41, 5.74) is 0. The van der Waals surface area contributed by atoms with E-state index in [1.165, 1.54) is 12.5 Å². The minimum atomic E-state index is -0.0550. The Morgan fingerprint density at radius 2 is 2.36 bits per heavy atom. The molecule has 3 nitrogen and oxygen atoms in total. The Labute approximate surface area is 86.2 Å². The molecule has 0 bridgehead atoms. The Kier molecular flexibility index (Phi) is 4.14. The molecule has 1 saturated heterocycles. The maximum absolute atomic E-state index is 11.1. The third-order valence-corrected chi connectivity index (χ3v) is 2.71. The van der Waals surface area contributed by atoms with Crippen molar-refractivity contribution < 1.29 is 4.79 Å². The van der Waals surface area contributed by atoms with E-state index in [9.17, 15) is 4.79 Å². The smallest absolute Gasteiger partial charge is 0.243 e. The fraction of sp³-hybridized carbons (Fsp3) is 0.727. The minimum Gasteiger partial charge on any atom is -0.349 e. The van der Waals surface area contributed by atoms with Crippen molar-refractivity contribution in [3.8, 4) is 0 Å². The van der Waals surface area contributed by atoms with Crippen molar-refractivity contribution in [3.05, 3.63) is 12.7 Å². The number of likely N-dealkylation sites (tertiary alicyclic amines) is 1. The fourth-order valence-corrected chi connectivity index (χ4v) is 1.85. The van der Waals surface area contributed by atoms with Crippen LogP contribution in [0.1, 0.15) is 26.7 Å². The van der Waals surface area contributed by atoms with Gasteiger partial charge in [-0.15, -0.1) is 0 Å². The van der Waals surface area contributed by atoms with Gasteiger partial charge in [-0.05, 0) is 39.3 Å². The third kappa shape index (κ3) is 3.14. The molecule has 1 aliphatic heterocycles. The summed E-state index contributed by atoms with van der Waals surface area (Å²) in [4.78, 5) is 13.5. The largest absolute Gasteiger partial charge is 0.349 e. The molecule has 0 aromatic heterocycles. The second-order valence-electron chi connectivity index (χ2n) is 4.14. The van der Waals surface area contributed by atoms with Gasteiger partial charge in [0.2, 0.25) is 5.91 Å². The molecular weight excluding hydrogens is 176 g/mol. The monoisotopic (exact) mass is 196 g/mol. The molecule has 1 amide bonds. The van der Waals surface area contributed by atoms with Gasteiger partial charge in [0.25, 0.3) is 0 Å². The molecule has 0 aromatic carbocycles. The van der Waals surface area contributed by atoms with Gasteiger partial charge in [-0.25, -0.2) is 0 Å². The van der Waals surface area contributed by atoms with Crippen LogP contribution in [0.5, 0.6) is 0 Å². The third-order valence-electron chi connectivity index (χ3n) is 2.71. The van der Waals surface area contributed by atoms with Crippen LogP contribution in [0, 0.1) is 0 Å². The van der Waals surface area contributed by atoms with E-state index in [4.69, 9.17) is 0 Å². The van der Waals surface area contributed by atoms with Gasteiger partial charge >= 0.3 is 0 Å². The van der Waals surface area contributed by atoms with Crippen molar-refractivity contribution in [3.63, 3.8) is 0 Å². The Morgan fingerprint density at radius 3 is 2.93 bits per heavy atom. The maximum atomic E-state index is 11.1. The first-order valence-corrected chi connectivity index (χ1v) is 5.30. The van der Waals surface area contributed by atoms with Gasteiger partial charge in [0.15, 0.2) is 0 Å². The molecule has 0 radical (unpaired) electrons. The van der Waals surface area contributed by atoms with E-state index in [1.54, 1.807) is 0 Å². The Balaban J connectivity index is 2.39. The average molecular weight is 196 g/mol. The first kappa shape index (κ1) is 11.2. The molecule has 3 heteroatoms. The molecule has 0 aliphatic carbocycles. The van der Waals surface area contributed by atoms with E-state index in [0.717, 1.165) is 19.5 Å². The first-order valence-electron chi connectivity index (χ1n) is 5.30. The molecule has 0 aromatic rings. The number of nitrogens with zero attached hydrogens (tertiary/aromatic N) is 1. The molecule has 1 rings (SSSR count). The lowest BCUT2D eigenvalue weighted by Gasteiger charge is -2.35. The van der Waals surface area contributed by atoms with E-state index in [1.807, 2.05) is 0 Å². The second-order valence-corrected chi connectivity index (χ2v) is 4.14. The molecule has 1 heterocycles. The number of hydrogen-bond acceptors (Lipinski definition) is 2. The van der Waals surface area contributed by atoms with Gasteiger partial charge in [-0.2, -0.15) is 0 Å². The SMILES string of the molecule is C=CC(=O)N[C@@H]1CCCN(C(C)C)C1. The second kappa shape index (κ2) is 5.15. The van der Waals surface area contributed by atoms with Crippen molar-refractivity contribution >= 4 is 5.91 Å². The number of piperidine rings is 1.